The van der Waals surface area contributed by atoms with Crippen LogP contribution in [0.1, 0.15) is 31.6 Å². The minimum absolute atomic E-state index is 0.564. The van der Waals surface area contributed by atoms with Crippen LogP contribution < -0.4 is 5.32 Å². The summed E-state index contributed by atoms with van der Waals surface area (Å²) in [6.07, 6.45) is 7.67. The Morgan fingerprint density at radius 3 is 3.00 bits per heavy atom. The largest absolute Gasteiger partial charge is 0.339 e. The van der Waals surface area contributed by atoms with E-state index in [1.165, 1.54) is 25.7 Å². The second kappa shape index (κ2) is 6.13. The molecule has 2 aromatic heterocycles. The summed E-state index contributed by atoms with van der Waals surface area (Å²) in [5.41, 5.74) is 0.760. The normalized spacial score (nSPS) is 22.9. The van der Waals surface area contributed by atoms with Gasteiger partial charge in [0.25, 0.3) is 0 Å². The summed E-state index contributed by atoms with van der Waals surface area (Å²) < 4.78 is 5.39. The van der Waals surface area contributed by atoms with Crippen LogP contribution in [0.2, 0.25) is 0 Å². The summed E-state index contributed by atoms with van der Waals surface area (Å²) >= 11 is 0. The molecule has 1 saturated carbocycles. The van der Waals surface area contributed by atoms with E-state index in [4.69, 9.17) is 4.52 Å². The lowest BCUT2D eigenvalue weighted by molar-refractivity contribution is 0.248. The first-order valence-electron chi connectivity index (χ1n) is 7.28. The second-order valence-corrected chi connectivity index (χ2v) is 5.37. The zero-order chi connectivity index (χ0) is 13.8. The molecule has 1 N–H and O–H groups in total. The molecule has 0 bridgehead atoms. The zero-order valence-corrected chi connectivity index (χ0v) is 11.7. The molecule has 0 radical (unpaired) electrons. The van der Waals surface area contributed by atoms with E-state index in [9.17, 15) is 0 Å². The van der Waals surface area contributed by atoms with Crippen LogP contribution >= 0.6 is 0 Å². The molecule has 106 valence electrons. The topological polar surface area (TPSA) is 63.8 Å². The Bertz CT molecular complexity index is 540. The van der Waals surface area contributed by atoms with Gasteiger partial charge in [0.1, 0.15) is 5.69 Å². The van der Waals surface area contributed by atoms with E-state index in [1.807, 2.05) is 25.2 Å². The van der Waals surface area contributed by atoms with Gasteiger partial charge in [0, 0.05) is 18.7 Å². The van der Waals surface area contributed by atoms with E-state index in [0.717, 1.165) is 18.0 Å². The average Bonchev–Trinajstić information content (AvgIpc) is 2.97. The van der Waals surface area contributed by atoms with Crippen LogP contribution in [0.25, 0.3) is 11.5 Å². The molecule has 2 atom stereocenters. The van der Waals surface area contributed by atoms with Crippen molar-refractivity contribution < 1.29 is 4.52 Å². The molecule has 2 heterocycles. The van der Waals surface area contributed by atoms with Gasteiger partial charge < -0.3 is 9.84 Å². The van der Waals surface area contributed by atoms with E-state index in [0.29, 0.717) is 17.8 Å². The van der Waals surface area contributed by atoms with Gasteiger partial charge in [-0.3, -0.25) is 4.98 Å². The number of nitrogens with one attached hydrogen (secondary N) is 1. The van der Waals surface area contributed by atoms with Crippen molar-refractivity contribution in [2.45, 2.75) is 38.1 Å². The molecule has 1 aliphatic carbocycles. The van der Waals surface area contributed by atoms with Crippen LogP contribution in [0.3, 0.4) is 0 Å². The maximum absolute atomic E-state index is 5.39. The van der Waals surface area contributed by atoms with Crippen LogP contribution in [0.4, 0.5) is 0 Å². The third kappa shape index (κ3) is 2.88. The summed E-state index contributed by atoms with van der Waals surface area (Å²) in [5.74, 6) is 1.89. The fraction of sp³-hybridized carbons (Fsp3) is 0.533. The first kappa shape index (κ1) is 13.2. The van der Waals surface area contributed by atoms with Gasteiger partial charge in [-0.1, -0.05) is 24.1 Å². The van der Waals surface area contributed by atoms with E-state index in [2.05, 4.69) is 20.4 Å². The fourth-order valence-electron chi connectivity index (χ4n) is 2.99. The summed E-state index contributed by atoms with van der Waals surface area (Å²) in [5, 5.41) is 7.44. The van der Waals surface area contributed by atoms with Crippen molar-refractivity contribution in [3.05, 3.63) is 30.3 Å². The molecule has 3 rings (SSSR count). The number of hydrogen-bond acceptors (Lipinski definition) is 5. The highest BCUT2D eigenvalue weighted by atomic mass is 16.5. The van der Waals surface area contributed by atoms with Crippen molar-refractivity contribution >= 4 is 0 Å². The van der Waals surface area contributed by atoms with E-state index in [1.54, 1.807) is 6.20 Å². The predicted octanol–water partition coefficient (Wildman–Crippen LogP) is 2.45. The average molecular weight is 272 g/mol. The molecule has 5 heteroatoms. The van der Waals surface area contributed by atoms with Crippen molar-refractivity contribution in [1.29, 1.82) is 0 Å². The minimum atomic E-state index is 0.564. The Hall–Kier alpha value is -1.75. The summed E-state index contributed by atoms with van der Waals surface area (Å²) in [6, 6.07) is 6.26. The van der Waals surface area contributed by atoms with Crippen LogP contribution in [0, 0.1) is 5.92 Å². The van der Waals surface area contributed by atoms with Crippen LogP contribution in [0.5, 0.6) is 0 Å². The molecule has 0 aromatic carbocycles. The lowest BCUT2D eigenvalue weighted by Crippen LogP contribution is -2.37. The first-order chi connectivity index (χ1) is 9.86. The van der Waals surface area contributed by atoms with Crippen LogP contribution in [-0.4, -0.2) is 28.2 Å². The maximum Gasteiger partial charge on any atom is 0.227 e. The quantitative estimate of drug-likeness (QED) is 0.926. The second-order valence-electron chi connectivity index (χ2n) is 5.37. The van der Waals surface area contributed by atoms with Crippen LogP contribution in [0.15, 0.2) is 28.9 Å². The molecule has 0 aliphatic heterocycles. The Labute approximate surface area is 118 Å². The Kier molecular flexibility index (Phi) is 4.06. The van der Waals surface area contributed by atoms with E-state index >= 15 is 0 Å². The molecule has 2 aromatic rings. The van der Waals surface area contributed by atoms with Gasteiger partial charge in [-0.2, -0.15) is 4.98 Å². The maximum atomic E-state index is 5.39. The van der Waals surface area contributed by atoms with Gasteiger partial charge in [0.15, 0.2) is 0 Å². The number of nitrogens with zero attached hydrogens (tertiary/aromatic N) is 3. The summed E-state index contributed by atoms with van der Waals surface area (Å²) in [6.45, 7) is 0. The van der Waals surface area contributed by atoms with E-state index < -0.39 is 0 Å². The third-order valence-electron chi connectivity index (χ3n) is 4.08. The van der Waals surface area contributed by atoms with Crippen molar-refractivity contribution in [2.24, 2.45) is 5.92 Å². The molecular formula is C15H20N4O. The molecule has 2 unspecified atom stereocenters. The molecule has 0 amide bonds. The Balaban J connectivity index is 1.71. The van der Waals surface area contributed by atoms with Gasteiger partial charge in [0.05, 0.1) is 0 Å². The minimum Gasteiger partial charge on any atom is -0.339 e. The number of aromatic nitrogens is 3. The fourth-order valence-corrected chi connectivity index (χ4v) is 2.99. The van der Waals surface area contributed by atoms with Crippen LogP contribution in [-0.2, 0) is 6.42 Å². The highest BCUT2D eigenvalue weighted by molar-refractivity contribution is 5.46. The van der Waals surface area contributed by atoms with Crippen molar-refractivity contribution in [3.63, 3.8) is 0 Å². The van der Waals surface area contributed by atoms with E-state index in [-0.39, 0.29) is 0 Å². The zero-order valence-electron chi connectivity index (χ0n) is 11.7. The molecule has 20 heavy (non-hydrogen) atoms. The lowest BCUT2D eigenvalue weighted by Gasteiger charge is -2.30. The predicted molar refractivity (Wildman–Crippen MR) is 76.0 cm³/mol. The summed E-state index contributed by atoms with van der Waals surface area (Å²) in [7, 11) is 2.04. The van der Waals surface area contributed by atoms with Crippen molar-refractivity contribution in [1.82, 2.24) is 20.4 Å². The smallest absolute Gasteiger partial charge is 0.227 e. The Morgan fingerprint density at radius 1 is 1.30 bits per heavy atom. The number of rotatable bonds is 4. The highest BCUT2D eigenvalue weighted by Crippen LogP contribution is 2.27. The van der Waals surface area contributed by atoms with Gasteiger partial charge in [-0.25, -0.2) is 0 Å². The molecule has 0 saturated heterocycles. The van der Waals surface area contributed by atoms with Gasteiger partial charge in [-0.05, 0) is 37.9 Å². The first-order valence-corrected chi connectivity index (χ1v) is 7.28. The molecule has 5 nitrogen and oxygen atoms in total. The molecular weight excluding hydrogens is 252 g/mol. The van der Waals surface area contributed by atoms with Crippen molar-refractivity contribution in [3.8, 4) is 11.5 Å². The van der Waals surface area contributed by atoms with Crippen molar-refractivity contribution in [2.75, 3.05) is 7.05 Å². The SMILES string of the molecule is CNC1CCCCC1Cc1nc(-c2ccccn2)no1. The highest BCUT2D eigenvalue weighted by Gasteiger charge is 2.26. The molecule has 0 spiro atoms. The molecule has 1 aliphatic rings. The standard InChI is InChI=1S/C15H20N4O/c1-16-12-7-3-2-6-11(12)10-14-18-15(19-20-14)13-8-4-5-9-17-13/h4-5,8-9,11-12,16H,2-3,6-7,10H2,1H3. The number of pyridine rings is 1. The van der Waals surface area contributed by atoms with Gasteiger partial charge in [-0.15, -0.1) is 0 Å². The summed E-state index contributed by atoms with van der Waals surface area (Å²) in [4.78, 5) is 8.72. The number of hydrogen-bond donors (Lipinski definition) is 1. The lowest BCUT2D eigenvalue weighted by atomic mass is 9.82. The Morgan fingerprint density at radius 2 is 2.20 bits per heavy atom. The molecule has 1 fully saturated rings. The van der Waals surface area contributed by atoms with Gasteiger partial charge in [0.2, 0.25) is 11.7 Å². The third-order valence-corrected chi connectivity index (χ3v) is 4.08. The monoisotopic (exact) mass is 272 g/mol. The van der Waals surface area contributed by atoms with Gasteiger partial charge >= 0.3 is 0 Å².